The molecule has 5 nitrogen and oxygen atoms in total. The Kier molecular flexibility index (Phi) is 29.8. The number of aliphatic hydroxyl groups is 1. The van der Waals surface area contributed by atoms with Crippen molar-refractivity contribution in [2.24, 2.45) is 0 Å². The number of quaternary nitrogens is 1. The van der Waals surface area contributed by atoms with Crippen molar-refractivity contribution in [1.82, 2.24) is 0 Å². The number of aliphatic hydroxyl groups excluding tert-OH is 1. The lowest BCUT2D eigenvalue weighted by Crippen LogP contribution is -3.00. The summed E-state index contributed by atoms with van der Waals surface area (Å²) in [5.74, 6) is -0.265. The normalized spacial score (nSPS) is 13.1. The molecule has 0 radical (unpaired) electrons. The van der Waals surface area contributed by atoms with E-state index in [4.69, 9.17) is 4.74 Å². The van der Waals surface area contributed by atoms with Crippen molar-refractivity contribution in [3.63, 3.8) is 0 Å². The van der Waals surface area contributed by atoms with Gasteiger partial charge in [0, 0.05) is 19.8 Å². The van der Waals surface area contributed by atoms with E-state index in [0.29, 0.717) is 19.4 Å². The Balaban J connectivity index is 0. The van der Waals surface area contributed by atoms with E-state index in [2.05, 4.69) is 13.8 Å². The summed E-state index contributed by atoms with van der Waals surface area (Å²) in [6, 6.07) is 0. The van der Waals surface area contributed by atoms with E-state index in [1.807, 2.05) is 14.1 Å². The van der Waals surface area contributed by atoms with Crippen molar-refractivity contribution in [3.05, 3.63) is 0 Å². The fourth-order valence-electron chi connectivity index (χ4n) is 5.06. The van der Waals surface area contributed by atoms with Crippen LogP contribution in [0.25, 0.3) is 0 Å². The van der Waals surface area contributed by atoms with Crippen LogP contribution >= 0.6 is 0 Å². The number of halogens is 1. The zero-order valence-electron chi connectivity index (χ0n) is 27.3. The summed E-state index contributed by atoms with van der Waals surface area (Å²) in [6.07, 6.45) is 26.7. The first-order valence-electron chi connectivity index (χ1n) is 17.0. The fourth-order valence-corrected chi connectivity index (χ4v) is 5.06. The SMILES string of the molecule is CCCCCCCCCCCCCC(=O)OC(C[N+](C)(C)C(C)O)C(=O)CCCCCCCCCCCCC.[Br-]. The van der Waals surface area contributed by atoms with E-state index in [0.717, 1.165) is 32.1 Å². The second-order valence-electron chi connectivity index (χ2n) is 12.6. The molecule has 0 saturated heterocycles. The standard InChI is InChI=1S/C34H68NO4.BrH/c1-6-8-10-12-14-16-18-20-22-24-26-28-32(37)33(30-35(4,5)31(3)36)39-34(38)29-27-25-23-21-19-17-15-13-11-9-7-2;/h31,33,36H,6-30H2,1-5H3;1H/q+1;/p-1. The summed E-state index contributed by atoms with van der Waals surface area (Å²) in [4.78, 5) is 25.6. The quantitative estimate of drug-likeness (QED) is 0.0455. The first-order chi connectivity index (χ1) is 18.7. The van der Waals surface area contributed by atoms with Crippen molar-refractivity contribution < 1.29 is 40.9 Å². The van der Waals surface area contributed by atoms with Gasteiger partial charge in [-0.25, -0.2) is 0 Å². The number of unbranched alkanes of at least 4 members (excludes halogenated alkanes) is 20. The number of likely N-dealkylation sites (N-methyl/N-ethyl adjacent to an activating group) is 1. The van der Waals surface area contributed by atoms with Gasteiger partial charge in [-0.2, -0.15) is 0 Å². The Morgan fingerprint density at radius 2 is 0.925 bits per heavy atom. The van der Waals surface area contributed by atoms with Crippen LogP contribution < -0.4 is 17.0 Å². The number of hydrogen-bond donors (Lipinski definition) is 1. The zero-order valence-corrected chi connectivity index (χ0v) is 28.9. The van der Waals surface area contributed by atoms with Gasteiger partial charge >= 0.3 is 5.97 Å². The van der Waals surface area contributed by atoms with E-state index < -0.39 is 12.3 Å². The predicted octanol–water partition coefficient (Wildman–Crippen LogP) is 6.29. The molecule has 0 aliphatic carbocycles. The molecule has 0 aromatic rings. The lowest BCUT2D eigenvalue weighted by molar-refractivity contribution is -0.936. The van der Waals surface area contributed by atoms with Gasteiger partial charge in [-0.1, -0.05) is 142 Å². The van der Waals surface area contributed by atoms with Crippen LogP contribution in [0.15, 0.2) is 0 Å². The van der Waals surface area contributed by atoms with E-state index in [1.165, 1.54) is 109 Å². The zero-order chi connectivity index (χ0) is 29.2. The Morgan fingerprint density at radius 3 is 1.27 bits per heavy atom. The van der Waals surface area contributed by atoms with Gasteiger partial charge in [0.25, 0.3) is 0 Å². The molecule has 6 heteroatoms. The Morgan fingerprint density at radius 1 is 0.600 bits per heavy atom. The minimum Gasteiger partial charge on any atom is -1.00 e. The van der Waals surface area contributed by atoms with Gasteiger partial charge in [0.15, 0.2) is 12.0 Å². The number of ether oxygens (including phenoxy) is 1. The molecule has 240 valence electrons. The Bertz CT molecular complexity index is 582. The number of rotatable bonds is 29. The number of nitrogens with zero attached hydrogens (tertiary/aromatic N) is 1. The molecule has 0 aromatic carbocycles. The van der Waals surface area contributed by atoms with Gasteiger partial charge in [-0.15, -0.1) is 0 Å². The lowest BCUT2D eigenvalue weighted by atomic mass is 10.0. The molecule has 0 saturated carbocycles. The van der Waals surface area contributed by atoms with Crippen LogP contribution in [-0.4, -0.2) is 54.3 Å². The fraction of sp³-hybridized carbons (Fsp3) is 0.941. The minimum absolute atomic E-state index is 0. The highest BCUT2D eigenvalue weighted by molar-refractivity contribution is 5.85. The number of ketones is 1. The number of hydrogen-bond acceptors (Lipinski definition) is 4. The molecule has 0 heterocycles. The highest BCUT2D eigenvalue weighted by atomic mass is 79.9. The summed E-state index contributed by atoms with van der Waals surface area (Å²) >= 11 is 0. The topological polar surface area (TPSA) is 63.6 Å². The molecule has 0 aromatic heterocycles. The Hall–Kier alpha value is -0.460. The van der Waals surface area contributed by atoms with Crippen LogP contribution in [0.4, 0.5) is 0 Å². The van der Waals surface area contributed by atoms with Gasteiger partial charge in [-0.3, -0.25) is 9.59 Å². The molecule has 0 amide bonds. The van der Waals surface area contributed by atoms with E-state index in [9.17, 15) is 14.7 Å². The number of Topliss-reactive ketones (excluding diaryl/α,β-unsaturated/α-hetero) is 1. The van der Waals surface area contributed by atoms with Gasteiger partial charge in [-0.05, 0) is 12.8 Å². The molecular weight excluding hydrogens is 566 g/mol. The van der Waals surface area contributed by atoms with Gasteiger partial charge in [0.1, 0.15) is 6.54 Å². The summed E-state index contributed by atoms with van der Waals surface area (Å²) in [7, 11) is 3.76. The smallest absolute Gasteiger partial charge is 0.306 e. The first kappa shape index (κ1) is 41.7. The summed E-state index contributed by atoms with van der Waals surface area (Å²) < 4.78 is 5.96. The van der Waals surface area contributed by atoms with Crippen molar-refractivity contribution in [1.29, 1.82) is 0 Å². The van der Waals surface area contributed by atoms with Crippen LogP contribution in [0.2, 0.25) is 0 Å². The number of carbonyl (C=O) groups is 2. The first-order valence-corrected chi connectivity index (χ1v) is 17.0. The average Bonchev–Trinajstić information content (AvgIpc) is 2.89. The van der Waals surface area contributed by atoms with E-state index in [1.54, 1.807) is 6.92 Å². The molecule has 0 aliphatic rings. The maximum atomic E-state index is 13.0. The van der Waals surface area contributed by atoms with Crippen LogP contribution in [0, 0.1) is 0 Å². The molecule has 0 rings (SSSR count). The van der Waals surface area contributed by atoms with Crippen LogP contribution in [-0.2, 0) is 14.3 Å². The molecule has 0 spiro atoms. The third kappa shape index (κ3) is 25.3. The Labute approximate surface area is 259 Å². The van der Waals surface area contributed by atoms with E-state index >= 15 is 0 Å². The number of esters is 1. The molecule has 2 atom stereocenters. The largest absolute Gasteiger partial charge is 1.00 e. The second kappa shape index (κ2) is 28.6. The molecule has 2 unspecified atom stereocenters. The van der Waals surface area contributed by atoms with Crippen molar-refractivity contribution in [2.75, 3.05) is 20.6 Å². The summed E-state index contributed by atoms with van der Waals surface area (Å²) in [5, 5.41) is 10.2. The third-order valence-electron chi connectivity index (χ3n) is 8.29. The highest BCUT2D eigenvalue weighted by Gasteiger charge is 2.33. The lowest BCUT2D eigenvalue weighted by Gasteiger charge is -2.35. The molecule has 1 N–H and O–H groups in total. The van der Waals surface area contributed by atoms with E-state index in [-0.39, 0.29) is 33.2 Å². The summed E-state index contributed by atoms with van der Waals surface area (Å²) in [6.45, 7) is 6.55. The monoisotopic (exact) mass is 633 g/mol. The summed E-state index contributed by atoms with van der Waals surface area (Å²) in [5.41, 5.74) is 0. The van der Waals surface area contributed by atoms with Crippen molar-refractivity contribution in [3.8, 4) is 0 Å². The van der Waals surface area contributed by atoms with Gasteiger partial charge in [0.05, 0.1) is 14.1 Å². The molecule has 40 heavy (non-hydrogen) atoms. The molecular formula is C34H68BrNO4. The third-order valence-corrected chi connectivity index (χ3v) is 8.29. The predicted molar refractivity (Wildman–Crippen MR) is 166 cm³/mol. The number of carbonyl (C=O) groups excluding carboxylic acids is 2. The van der Waals surface area contributed by atoms with Crippen LogP contribution in [0.1, 0.15) is 175 Å². The maximum absolute atomic E-state index is 13.0. The minimum atomic E-state index is -0.766. The van der Waals surface area contributed by atoms with Crippen molar-refractivity contribution >= 4 is 11.8 Å². The van der Waals surface area contributed by atoms with Crippen molar-refractivity contribution in [2.45, 2.75) is 187 Å². The second-order valence-corrected chi connectivity index (χ2v) is 12.6. The highest BCUT2D eigenvalue weighted by Crippen LogP contribution is 2.16. The van der Waals surface area contributed by atoms with Gasteiger partial charge in [0.2, 0.25) is 6.10 Å². The van der Waals surface area contributed by atoms with Gasteiger partial charge < -0.3 is 31.3 Å². The molecule has 0 bridgehead atoms. The molecule has 0 fully saturated rings. The maximum Gasteiger partial charge on any atom is 0.306 e. The average molecular weight is 635 g/mol. The van der Waals surface area contributed by atoms with Crippen LogP contribution in [0.3, 0.4) is 0 Å². The molecule has 0 aliphatic heterocycles. The van der Waals surface area contributed by atoms with Crippen LogP contribution in [0.5, 0.6) is 0 Å².